The molecule has 2 aromatic rings. The van der Waals surface area contributed by atoms with Gasteiger partial charge >= 0.3 is 0 Å². The van der Waals surface area contributed by atoms with Crippen molar-refractivity contribution in [1.29, 1.82) is 0 Å². The number of hydrazone groups is 2. The number of rotatable bonds is 6. The lowest BCUT2D eigenvalue weighted by Crippen LogP contribution is -2.27. The third-order valence-electron chi connectivity index (χ3n) is 3.13. The summed E-state index contributed by atoms with van der Waals surface area (Å²) in [6.07, 6.45) is 1.74. The van der Waals surface area contributed by atoms with Gasteiger partial charge in [-0.25, -0.2) is 10.9 Å². The van der Waals surface area contributed by atoms with E-state index >= 15 is 0 Å². The standard InChI is InChI=1S/C17H16N4O6/c22-12-3-1-10(14(24)5-12)8-18-20-16(26)7-17(27)21-19-9-11-2-4-13(23)6-15(11)25/h1-6,8-9,22-25H,7H2,(H,20,26)(H,21,27)/b18-8-,19-9-. The number of nitrogens with zero attached hydrogens (tertiary/aromatic N) is 2. The second-order valence-corrected chi connectivity index (χ2v) is 5.25. The molecule has 0 saturated heterocycles. The quantitative estimate of drug-likeness (QED) is 0.245. The summed E-state index contributed by atoms with van der Waals surface area (Å²) in [5, 5.41) is 44.6. The van der Waals surface area contributed by atoms with E-state index in [4.69, 9.17) is 10.2 Å². The summed E-state index contributed by atoms with van der Waals surface area (Å²) < 4.78 is 0. The predicted molar refractivity (Wildman–Crippen MR) is 95.6 cm³/mol. The summed E-state index contributed by atoms with van der Waals surface area (Å²) in [5.41, 5.74) is 4.73. The fourth-order valence-electron chi connectivity index (χ4n) is 1.85. The molecule has 27 heavy (non-hydrogen) atoms. The lowest BCUT2D eigenvalue weighted by atomic mass is 10.2. The Balaban J connectivity index is 1.80. The molecule has 0 unspecified atom stereocenters. The number of nitrogens with one attached hydrogen (secondary N) is 2. The zero-order valence-corrected chi connectivity index (χ0v) is 13.8. The number of phenols is 4. The molecule has 2 aromatic carbocycles. The van der Waals surface area contributed by atoms with Gasteiger partial charge in [-0.15, -0.1) is 0 Å². The Morgan fingerprint density at radius 3 is 1.56 bits per heavy atom. The first-order valence-electron chi connectivity index (χ1n) is 7.53. The van der Waals surface area contributed by atoms with Gasteiger partial charge in [-0.3, -0.25) is 9.59 Å². The fraction of sp³-hybridized carbons (Fsp3) is 0.0588. The molecule has 0 aromatic heterocycles. The lowest BCUT2D eigenvalue weighted by molar-refractivity contribution is -0.129. The molecule has 6 N–H and O–H groups in total. The minimum atomic E-state index is -0.718. The topological polar surface area (TPSA) is 164 Å². The largest absolute Gasteiger partial charge is 0.508 e. The van der Waals surface area contributed by atoms with E-state index in [9.17, 15) is 19.8 Å². The zero-order valence-electron chi connectivity index (χ0n) is 13.8. The van der Waals surface area contributed by atoms with Gasteiger partial charge < -0.3 is 20.4 Å². The fourth-order valence-corrected chi connectivity index (χ4v) is 1.85. The Bertz CT molecular complexity index is 837. The highest BCUT2D eigenvalue weighted by atomic mass is 16.3. The van der Waals surface area contributed by atoms with Crippen LogP contribution in [0.1, 0.15) is 17.5 Å². The average molecular weight is 372 g/mol. The minimum Gasteiger partial charge on any atom is -0.508 e. The summed E-state index contributed by atoms with van der Waals surface area (Å²) in [6, 6.07) is 7.67. The van der Waals surface area contributed by atoms with Crippen molar-refractivity contribution in [3.8, 4) is 23.0 Å². The molecular weight excluding hydrogens is 356 g/mol. The van der Waals surface area contributed by atoms with Crippen LogP contribution in [0.15, 0.2) is 46.6 Å². The molecule has 0 radical (unpaired) electrons. The van der Waals surface area contributed by atoms with Crippen molar-refractivity contribution in [1.82, 2.24) is 10.9 Å². The average Bonchev–Trinajstić information content (AvgIpc) is 2.58. The predicted octanol–water partition coefficient (Wildman–Crippen LogP) is 0.499. The summed E-state index contributed by atoms with van der Waals surface area (Å²) in [7, 11) is 0. The van der Waals surface area contributed by atoms with Crippen LogP contribution >= 0.6 is 0 Å². The van der Waals surface area contributed by atoms with Crippen LogP contribution in [-0.4, -0.2) is 44.7 Å². The maximum atomic E-state index is 11.6. The van der Waals surface area contributed by atoms with Gasteiger partial charge in [0.15, 0.2) is 0 Å². The minimum absolute atomic E-state index is 0.119. The van der Waals surface area contributed by atoms with E-state index in [1.165, 1.54) is 24.3 Å². The Morgan fingerprint density at radius 2 is 1.19 bits per heavy atom. The number of aromatic hydroxyl groups is 4. The van der Waals surface area contributed by atoms with Crippen molar-refractivity contribution in [2.45, 2.75) is 6.42 Å². The molecule has 2 rings (SSSR count). The Hall–Kier alpha value is -4.08. The second kappa shape index (κ2) is 8.85. The van der Waals surface area contributed by atoms with Gasteiger partial charge in [-0.1, -0.05) is 0 Å². The molecule has 140 valence electrons. The maximum Gasteiger partial charge on any atom is 0.249 e. The van der Waals surface area contributed by atoms with Crippen LogP contribution in [0, 0.1) is 0 Å². The summed E-state index contributed by atoms with van der Waals surface area (Å²) in [6.45, 7) is 0. The number of carbonyl (C=O) groups is 2. The first-order chi connectivity index (χ1) is 12.8. The van der Waals surface area contributed by atoms with E-state index in [0.29, 0.717) is 0 Å². The third kappa shape index (κ3) is 6.05. The van der Waals surface area contributed by atoms with Crippen molar-refractivity contribution in [3.63, 3.8) is 0 Å². The first kappa shape index (κ1) is 19.2. The van der Waals surface area contributed by atoms with Crippen molar-refractivity contribution in [2.24, 2.45) is 10.2 Å². The molecule has 2 amide bonds. The molecule has 0 fully saturated rings. The van der Waals surface area contributed by atoms with Crippen LogP contribution in [0.3, 0.4) is 0 Å². The number of amides is 2. The van der Waals surface area contributed by atoms with Crippen LogP contribution in [0.25, 0.3) is 0 Å². The van der Waals surface area contributed by atoms with Crippen molar-refractivity contribution < 1.29 is 30.0 Å². The number of phenolic OH excluding ortho intramolecular Hbond substituents is 4. The molecule has 0 heterocycles. The molecular formula is C17H16N4O6. The zero-order chi connectivity index (χ0) is 19.8. The van der Waals surface area contributed by atoms with Gasteiger partial charge in [-0.05, 0) is 24.3 Å². The second-order valence-electron chi connectivity index (χ2n) is 5.25. The van der Waals surface area contributed by atoms with Crippen LogP contribution in [0.4, 0.5) is 0 Å². The molecule has 0 atom stereocenters. The van der Waals surface area contributed by atoms with Gasteiger partial charge in [0.25, 0.3) is 0 Å². The van der Waals surface area contributed by atoms with Gasteiger partial charge in [0, 0.05) is 23.3 Å². The Morgan fingerprint density at radius 1 is 0.778 bits per heavy atom. The monoisotopic (exact) mass is 372 g/mol. The smallest absolute Gasteiger partial charge is 0.249 e. The SMILES string of the molecule is O=C(CC(=O)N/N=C\c1ccc(O)cc1O)N/N=C\c1ccc(O)cc1O. The van der Waals surface area contributed by atoms with Crippen LogP contribution in [0.2, 0.25) is 0 Å². The van der Waals surface area contributed by atoms with E-state index in [0.717, 1.165) is 24.6 Å². The van der Waals surface area contributed by atoms with E-state index in [1.54, 1.807) is 0 Å². The van der Waals surface area contributed by atoms with E-state index in [2.05, 4.69) is 21.1 Å². The van der Waals surface area contributed by atoms with Crippen LogP contribution in [-0.2, 0) is 9.59 Å². The molecule has 0 aliphatic heterocycles. The molecule has 0 aliphatic carbocycles. The molecule has 0 bridgehead atoms. The highest BCUT2D eigenvalue weighted by molar-refractivity contribution is 5.97. The Labute approximate surface area is 153 Å². The lowest BCUT2D eigenvalue weighted by Gasteiger charge is -2.01. The van der Waals surface area contributed by atoms with Gasteiger partial charge in [0.2, 0.25) is 11.8 Å². The Kier molecular flexibility index (Phi) is 6.31. The number of carbonyl (C=O) groups excluding carboxylic acids is 2. The van der Waals surface area contributed by atoms with Crippen molar-refractivity contribution in [2.75, 3.05) is 0 Å². The van der Waals surface area contributed by atoms with Gasteiger partial charge in [0.1, 0.15) is 29.4 Å². The third-order valence-corrected chi connectivity index (χ3v) is 3.13. The van der Waals surface area contributed by atoms with Crippen LogP contribution < -0.4 is 10.9 Å². The summed E-state index contributed by atoms with van der Waals surface area (Å²) in [5.74, 6) is -2.12. The van der Waals surface area contributed by atoms with E-state index in [-0.39, 0.29) is 34.1 Å². The van der Waals surface area contributed by atoms with Crippen LogP contribution in [0.5, 0.6) is 23.0 Å². The first-order valence-corrected chi connectivity index (χ1v) is 7.53. The van der Waals surface area contributed by atoms with Gasteiger partial charge in [-0.2, -0.15) is 10.2 Å². The molecule has 0 saturated carbocycles. The molecule has 10 nitrogen and oxygen atoms in total. The van der Waals surface area contributed by atoms with Gasteiger partial charge in [0.05, 0.1) is 12.4 Å². The molecule has 10 heteroatoms. The molecule has 0 spiro atoms. The molecule has 0 aliphatic rings. The number of hydrogen-bond donors (Lipinski definition) is 6. The summed E-state index contributed by atoms with van der Waals surface area (Å²) in [4.78, 5) is 23.2. The van der Waals surface area contributed by atoms with E-state index in [1.807, 2.05) is 0 Å². The van der Waals surface area contributed by atoms with Crippen molar-refractivity contribution in [3.05, 3.63) is 47.5 Å². The highest BCUT2D eigenvalue weighted by Gasteiger charge is 2.08. The normalized spacial score (nSPS) is 11.0. The van der Waals surface area contributed by atoms with Crippen molar-refractivity contribution >= 4 is 24.2 Å². The maximum absolute atomic E-state index is 11.6. The highest BCUT2D eigenvalue weighted by Crippen LogP contribution is 2.21. The van der Waals surface area contributed by atoms with E-state index < -0.39 is 18.2 Å². The number of hydrogen-bond acceptors (Lipinski definition) is 8. The summed E-state index contributed by atoms with van der Waals surface area (Å²) >= 11 is 0. The number of benzene rings is 2.